The highest BCUT2D eigenvalue weighted by Gasteiger charge is 2.09. The molecule has 0 saturated heterocycles. The van der Waals surface area contributed by atoms with Gasteiger partial charge in [-0.1, -0.05) is 11.6 Å². The van der Waals surface area contributed by atoms with Gasteiger partial charge in [0.05, 0.1) is 6.20 Å². The fraction of sp³-hybridized carbons (Fsp3) is 0.500. The molecule has 6 nitrogen and oxygen atoms in total. The fourth-order valence-electron chi connectivity index (χ4n) is 1.17. The Morgan fingerprint density at radius 2 is 2.38 bits per heavy atom. The van der Waals surface area contributed by atoms with Crippen molar-refractivity contribution in [3.8, 4) is 0 Å². The predicted molar refractivity (Wildman–Crippen MR) is 66.9 cm³/mol. The van der Waals surface area contributed by atoms with Crippen LogP contribution in [0.3, 0.4) is 0 Å². The molecule has 1 heterocycles. The molecular formula is C8H14ClN5OS. The number of nitrogens with one attached hydrogen (secondary N) is 2. The van der Waals surface area contributed by atoms with Gasteiger partial charge in [0.25, 0.3) is 0 Å². The second-order valence-corrected chi connectivity index (χ2v) is 5.21. The zero-order valence-electron chi connectivity index (χ0n) is 9.03. The largest absolute Gasteiger partial charge is 0.365 e. The summed E-state index contributed by atoms with van der Waals surface area (Å²) in [5, 5.41) is 3.44. The highest BCUT2D eigenvalue weighted by Crippen LogP contribution is 2.19. The Bertz CT molecular complexity index is 389. The molecule has 8 heteroatoms. The Morgan fingerprint density at radius 1 is 1.69 bits per heavy atom. The van der Waals surface area contributed by atoms with Crippen LogP contribution in [0, 0.1) is 0 Å². The van der Waals surface area contributed by atoms with E-state index in [1.807, 2.05) is 6.92 Å². The molecule has 0 fully saturated rings. The molecule has 0 spiro atoms. The van der Waals surface area contributed by atoms with Crippen molar-refractivity contribution in [2.24, 2.45) is 5.84 Å². The highest BCUT2D eigenvalue weighted by atomic mass is 35.5. The van der Waals surface area contributed by atoms with Crippen molar-refractivity contribution < 1.29 is 4.21 Å². The Balaban J connectivity index is 2.75. The first-order valence-electron chi connectivity index (χ1n) is 4.58. The van der Waals surface area contributed by atoms with E-state index < -0.39 is 10.8 Å². The minimum absolute atomic E-state index is 0.00357. The number of anilines is 2. The SMILES string of the molecule is CC(CS(C)=O)Nc1nc(NN)ncc1Cl. The van der Waals surface area contributed by atoms with Gasteiger partial charge in [0.15, 0.2) is 5.82 Å². The molecule has 0 amide bonds. The summed E-state index contributed by atoms with van der Waals surface area (Å²) in [7, 11) is -0.872. The third-order valence-electron chi connectivity index (χ3n) is 1.74. The van der Waals surface area contributed by atoms with Crippen molar-refractivity contribution in [3.05, 3.63) is 11.2 Å². The lowest BCUT2D eigenvalue weighted by atomic mass is 10.4. The topological polar surface area (TPSA) is 92.9 Å². The van der Waals surface area contributed by atoms with E-state index in [1.165, 1.54) is 6.20 Å². The zero-order valence-corrected chi connectivity index (χ0v) is 10.6. The lowest BCUT2D eigenvalue weighted by Gasteiger charge is -2.14. The van der Waals surface area contributed by atoms with Gasteiger partial charge < -0.3 is 5.32 Å². The summed E-state index contributed by atoms with van der Waals surface area (Å²) in [6.07, 6.45) is 3.09. The lowest BCUT2D eigenvalue weighted by molar-refractivity contribution is 0.683. The maximum atomic E-state index is 11.0. The van der Waals surface area contributed by atoms with E-state index in [0.29, 0.717) is 16.6 Å². The van der Waals surface area contributed by atoms with Crippen LogP contribution in [0.15, 0.2) is 6.20 Å². The first kappa shape index (κ1) is 13.1. The molecule has 0 aliphatic heterocycles. The summed E-state index contributed by atoms with van der Waals surface area (Å²) in [4.78, 5) is 7.90. The summed E-state index contributed by atoms with van der Waals surface area (Å²) < 4.78 is 11.0. The fourth-order valence-corrected chi connectivity index (χ4v) is 2.10. The molecule has 16 heavy (non-hydrogen) atoms. The molecule has 0 aromatic carbocycles. The van der Waals surface area contributed by atoms with Gasteiger partial charge in [0, 0.05) is 28.9 Å². The van der Waals surface area contributed by atoms with Crippen LogP contribution in [0.1, 0.15) is 6.92 Å². The van der Waals surface area contributed by atoms with Crippen LogP contribution in [-0.4, -0.2) is 32.2 Å². The third-order valence-corrected chi connectivity index (χ3v) is 2.99. The monoisotopic (exact) mass is 263 g/mol. The van der Waals surface area contributed by atoms with E-state index in [2.05, 4.69) is 20.7 Å². The van der Waals surface area contributed by atoms with Crippen LogP contribution in [0.25, 0.3) is 0 Å². The zero-order chi connectivity index (χ0) is 12.1. The molecule has 1 aromatic heterocycles. The summed E-state index contributed by atoms with van der Waals surface area (Å²) in [6, 6.07) is 0.00357. The van der Waals surface area contributed by atoms with Crippen molar-refractivity contribution in [2.75, 3.05) is 22.8 Å². The second-order valence-electron chi connectivity index (χ2n) is 3.32. The standard InChI is InChI=1S/C8H14ClN5OS/c1-5(4-16(2)15)12-7-6(9)3-11-8(13-7)14-10/h3,5H,4,10H2,1-2H3,(H2,11,12,13,14). The van der Waals surface area contributed by atoms with E-state index in [-0.39, 0.29) is 12.0 Å². The predicted octanol–water partition coefficient (Wildman–Crippen LogP) is 0.595. The number of hydrogen-bond acceptors (Lipinski definition) is 6. The quantitative estimate of drug-likeness (QED) is 0.532. The minimum atomic E-state index is -0.872. The number of halogens is 1. The van der Waals surface area contributed by atoms with Gasteiger partial charge in [-0.25, -0.2) is 10.8 Å². The Kier molecular flexibility index (Phi) is 4.91. The van der Waals surface area contributed by atoms with E-state index in [9.17, 15) is 4.21 Å². The van der Waals surface area contributed by atoms with Crippen LogP contribution in [0.2, 0.25) is 5.02 Å². The van der Waals surface area contributed by atoms with Crippen molar-refractivity contribution in [1.82, 2.24) is 9.97 Å². The van der Waals surface area contributed by atoms with Crippen molar-refractivity contribution in [1.29, 1.82) is 0 Å². The summed E-state index contributed by atoms with van der Waals surface area (Å²) >= 11 is 5.90. The second kappa shape index (κ2) is 5.97. The van der Waals surface area contributed by atoms with E-state index in [4.69, 9.17) is 17.4 Å². The van der Waals surface area contributed by atoms with Gasteiger partial charge >= 0.3 is 0 Å². The number of nitrogen functional groups attached to an aromatic ring is 1. The van der Waals surface area contributed by atoms with Crippen LogP contribution < -0.4 is 16.6 Å². The third kappa shape index (κ3) is 3.92. The molecule has 1 aromatic rings. The van der Waals surface area contributed by atoms with Gasteiger partial charge in [0.2, 0.25) is 5.95 Å². The molecule has 0 bridgehead atoms. The van der Waals surface area contributed by atoms with Gasteiger partial charge in [-0.05, 0) is 6.92 Å². The number of rotatable bonds is 5. The summed E-state index contributed by atoms with van der Waals surface area (Å²) in [5.41, 5.74) is 2.33. The average Bonchev–Trinajstić information content (AvgIpc) is 2.20. The highest BCUT2D eigenvalue weighted by molar-refractivity contribution is 7.84. The summed E-state index contributed by atoms with van der Waals surface area (Å²) in [6.45, 7) is 1.90. The number of aromatic nitrogens is 2. The van der Waals surface area contributed by atoms with E-state index in [0.717, 1.165) is 0 Å². The normalized spacial score (nSPS) is 14.2. The molecule has 2 atom stereocenters. The molecule has 1 rings (SSSR count). The van der Waals surface area contributed by atoms with Crippen LogP contribution >= 0.6 is 11.6 Å². The lowest BCUT2D eigenvalue weighted by Crippen LogP contribution is -2.23. The Morgan fingerprint density at radius 3 is 2.94 bits per heavy atom. The molecule has 0 saturated carbocycles. The Labute approximate surface area is 101 Å². The molecular weight excluding hydrogens is 250 g/mol. The molecule has 0 radical (unpaired) electrons. The maximum absolute atomic E-state index is 11.0. The maximum Gasteiger partial charge on any atom is 0.239 e. The van der Waals surface area contributed by atoms with Crippen LogP contribution in [0.5, 0.6) is 0 Å². The average molecular weight is 264 g/mol. The van der Waals surface area contributed by atoms with E-state index in [1.54, 1.807) is 6.26 Å². The van der Waals surface area contributed by atoms with Crippen molar-refractivity contribution in [3.63, 3.8) is 0 Å². The first-order valence-corrected chi connectivity index (χ1v) is 6.69. The Hall–Kier alpha value is -0.920. The number of nitrogens with two attached hydrogens (primary N) is 1. The van der Waals surface area contributed by atoms with Gasteiger partial charge in [-0.15, -0.1) is 0 Å². The smallest absolute Gasteiger partial charge is 0.239 e. The number of nitrogens with zero attached hydrogens (tertiary/aromatic N) is 2. The van der Waals surface area contributed by atoms with Crippen LogP contribution in [-0.2, 0) is 10.8 Å². The molecule has 2 unspecified atom stereocenters. The number of hydrogen-bond donors (Lipinski definition) is 3. The first-order chi connectivity index (χ1) is 7.52. The molecule has 0 aliphatic carbocycles. The molecule has 90 valence electrons. The van der Waals surface area contributed by atoms with Gasteiger partial charge in [-0.2, -0.15) is 4.98 Å². The van der Waals surface area contributed by atoms with Gasteiger partial charge in [0.1, 0.15) is 5.02 Å². The summed E-state index contributed by atoms with van der Waals surface area (Å²) in [5.74, 6) is 6.45. The van der Waals surface area contributed by atoms with Crippen LogP contribution in [0.4, 0.5) is 11.8 Å². The van der Waals surface area contributed by atoms with Crippen molar-refractivity contribution >= 4 is 34.2 Å². The molecule has 4 N–H and O–H groups in total. The number of hydrazine groups is 1. The van der Waals surface area contributed by atoms with E-state index >= 15 is 0 Å². The minimum Gasteiger partial charge on any atom is -0.365 e. The molecule has 0 aliphatic rings. The van der Waals surface area contributed by atoms with Crippen molar-refractivity contribution in [2.45, 2.75) is 13.0 Å². The van der Waals surface area contributed by atoms with Gasteiger partial charge in [-0.3, -0.25) is 9.63 Å².